The highest BCUT2D eigenvalue weighted by Gasteiger charge is 2.27. The van der Waals surface area contributed by atoms with Gasteiger partial charge >= 0.3 is 5.97 Å². The predicted octanol–water partition coefficient (Wildman–Crippen LogP) is 18.9. The smallest absolute Gasteiger partial charge is 0.306 e. The number of nitrogens with zero attached hydrogens (tertiary/aromatic N) is 1. The summed E-state index contributed by atoms with van der Waals surface area (Å²) in [7, 11) is 1.16. The number of phosphoric acid groups is 1. The Bertz CT molecular complexity index is 1640. The number of ether oxygens (including phenoxy) is 1. The van der Waals surface area contributed by atoms with Gasteiger partial charge in [-0.25, -0.2) is 0 Å². The van der Waals surface area contributed by atoms with Crippen LogP contribution in [0, 0.1) is 0 Å². The number of allylic oxidation sites excluding steroid dienone is 15. The molecule has 0 aliphatic heterocycles. The zero-order valence-electron chi connectivity index (χ0n) is 50.6. The molecule has 0 fully saturated rings. The number of carbonyl (C=O) groups is 2. The van der Waals surface area contributed by atoms with Crippen LogP contribution in [0.3, 0.4) is 0 Å². The normalized spacial score (nSPS) is 14.3. The molecule has 9 nitrogen and oxygen atoms in total. The molecular formula is C67H119N2O7P. The second-order valence-electron chi connectivity index (χ2n) is 22.2. The second-order valence-corrected chi connectivity index (χ2v) is 23.6. The van der Waals surface area contributed by atoms with Gasteiger partial charge in [-0.15, -0.1) is 0 Å². The zero-order chi connectivity index (χ0) is 56.4. The van der Waals surface area contributed by atoms with Crippen molar-refractivity contribution in [3.63, 3.8) is 0 Å². The number of amides is 1. The maximum Gasteiger partial charge on any atom is 0.306 e. The molecule has 0 heterocycles. The summed E-state index contributed by atoms with van der Waals surface area (Å²) in [5, 5.41) is 3.02. The predicted molar refractivity (Wildman–Crippen MR) is 330 cm³/mol. The lowest BCUT2D eigenvalue weighted by atomic mass is 10.0. The molecule has 1 N–H and O–H groups in total. The molecule has 0 aromatic rings. The molecule has 0 aromatic carbocycles. The molecule has 1 amide bonds. The third-order valence-corrected chi connectivity index (χ3v) is 14.5. The van der Waals surface area contributed by atoms with Crippen molar-refractivity contribution in [3.8, 4) is 0 Å². The first-order valence-electron chi connectivity index (χ1n) is 31.5. The summed E-state index contributed by atoms with van der Waals surface area (Å²) >= 11 is 0. The average Bonchev–Trinajstić information content (AvgIpc) is 3.39. The molecule has 3 atom stereocenters. The van der Waals surface area contributed by atoms with Crippen LogP contribution in [0.4, 0.5) is 0 Å². The number of rotatable bonds is 56. The van der Waals surface area contributed by atoms with Crippen molar-refractivity contribution in [3.05, 3.63) is 97.2 Å². The Morgan fingerprint density at radius 1 is 0.468 bits per heavy atom. The van der Waals surface area contributed by atoms with Gasteiger partial charge in [0.05, 0.1) is 33.8 Å². The third-order valence-electron chi connectivity index (χ3n) is 13.5. The third kappa shape index (κ3) is 57.4. The monoisotopic (exact) mass is 1090 g/mol. The van der Waals surface area contributed by atoms with E-state index < -0.39 is 26.6 Å². The van der Waals surface area contributed by atoms with Crippen LogP contribution in [-0.2, 0) is 27.9 Å². The summed E-state index contributed by atoms with van der Waals surface area (Å²) in [4.78, 5) is 40.0. The molecule has 0 radical (unpaired) electrons. The zero-order valence-corrected chi connectivity index (χ0v) is 51.5. The van der Waals surface area contributed by atoms with E-state index in [4.69, 9.17) is 13.8 Å². The van der Waals surface area contributed by atoms with Crippen LogP contribution in [0.1, 0.15) is 265 Å². The lowest BCUT2D eigenvalue weighted by molar-refractivity contribution is -0.870. The van der Waals surface area contributed by atoms with Crippen molar-refractivity contribution in [2.75, 3.05) is 40.9 Å². The van der Waals surface area contributed by atoms with Crippen LogP contribution in [0.25, 0.3) is 0 Å². The van der Waals surface area contributed by atoms with E-state index >= 15 is 0 Å². The molecule has 0 aliphatic rings. The van der Waals surface area contributed by atoms with Crippen LogP contribution in [-0.4, -0.2) is 69.4 Å². The van der Waals surface area contributed by atoms with Crippen LogP contribution >= 0.6 is 7.82 Å². The lowest BCUT2D eigenvalue weighted by Crippen LogP contribution is -2.47. The molecule has 3 unspecified atom stereocenters. The number of carbonyl (C=O) groups excluding carboxylic acids is 2. The number of phosphoric ester groups is 1. The van der Waals surface area contributed by atoms with Gasteiger partial charge in [-0.05, 0) is 109 Å². The van der Waals surface area contributed by atoms with E-state index in [0.29, 0.717) is 23.9 Å². The highest BCUT2D eigenvalue weighted by Crippen LogP contribution is 2.38. The highest BCUT2D eigenvalue weighted by molar-refractivity contribution is 7.45. The molecule has 10 heteroatoms. The van der Waals surface area contributed by atoms with Gasteiger partial charge in [0.1, 0.15) is 19.3 Å². The Hall–Kier alpha value is -3.07. The Morgan fingerprint density at radius 3 is 1.27 bits per heavy atom. The number of nitrogens with one attached hydrogen (secondary N) is 1. The number of esters is 1. The Labute approximate surface area is 475 Å². The molecule has 77 heavy (non-hydrogen) atoms. The second kappa shape index (κ2) is 56.2. The number of hydrogen-bond donors (Lipinski definition) is 1. The first-order valence-corrected chi connectivity index (χ1v) is 33.0. The van der Waals surface area contributed by atoms with E-state index in [1.54, 1.807) is 0 Å². The largest absolute Gasteiger partial charge is 0.756 e. The number of unbranched alkanes of at least 4 members (excludes halogenated alkanes) is 26. The molecule has 0 aromatic heterocycles. The standard InChI is InChI=1S/C67H119N2O7P/c1-7-10-13-16-19-22-25-27-29-31-33-34-36-38-40-42-45-48-51-54-57-60-67(71)76-65(58-55-52-49-46-43-24-21-18-15-12-9-3)64(63-75-77(72,73)74-62-61-69(4,5)6)68-66(70)59-56-53-50-47-44-41-39-37-35-32-30-28-26-23-20-17-14-11-8-2/h10,13,19-20,22-23,27-30,33-34,38,40,55,58,64-65H,7-9,11-12,14-18,21,24-26,31-32,35-37,39,41-54,56-57,59-63H2,1-6H3,(H-,68,70,72,73)/b13-10-,22-19-,23-20-,29-27-,30-28-,34-33-,40-38-,58-55+. The number of quaternary nitrogens is 1. The van der Waals surface area contributed by atoms with Gasteiger partial charge < -0.3 is 28.5 Å². The van der Waals surface area contributed by atoms with E-state index in [1.165, 1.54) is 103 Å². The van der Waals surface area contributed by atoms with Gasteiger partial charge in [0.25, 0.3) is 7.82 Å². The quantitative estimate of drug-likeness (QED) is 0.0212. The maximum absolute atomic E-state index is 13.5. The van der Waals surface area contributed by atoms with E-state index in [0.717, 1.165) is 122 Å². The maximum atomic E-state index is 13.5. The minimum atomic E-state index is -4.71. The fourth-order valence-corrected chi connectivity index (χ4v) is 9.36. The van der Waals surface area contributed by atoms with E-state index in [1.807, 2.05) is 33.3 Å². The molecule has 444 valence electrons. The van der Waals surface area contributed by atoms with Crippen molar-refractivity contribution >= 4 is 19.7 Å². The topological polar surface area (TPSA) is 114 Å². The SMILES string of the molecule is CC/C=C\C/C=C\C/C=C\C/C=C\C/C=C\CCCCCCCC(=O)OC(/C=C/CCCCCCCCCCC)C(COP(=O)([O-])OCC[N+](C)(C)C)NC(=O)CCCCCCCCCCC/C=C\C/C=C\CCCCC. The Morgan fingerprint density at radius 2 is 0.831 bits per heavy atom. The summed E-state index contributed by atoms with van der Waals surface area (Å²) in [6.07, 6.45) is 75.1. The van der Waals surface area contributed by atoms with Crippen LogP contribution in [0.15, 0.2) is 97.2 Å². The molecular weight excluding hydrogens is 976 g/mol. The molecule has 0 saturated carbocycles. The van der Waals surface area contributed by atoms with Crippen molar-refractivity contribution in [1.29, 1.82) is 0 Å². The minimum Gasteiger partial charge on any atom is -0.756 e. The molecule has 0 spiro atoms. The lowest BCUT2D eigenvalue weighted by Gasteiger charge is -2.30. The van der Waals surface area contributed by atoms with E-state index in [-0.39, 0.29) is 24.9 Å². The first kappa shape index (κ1) is 73.9. The summed E-state index contributed by atoms with van der Waals surface area (Å²) in [6.45, 7) is 6.68. The van der Waals surface area contributed by atoms with Gasteiger partial charge in [-0.1, -0.05) is 240 Å². The number of hydrogen-bond acceptors (Lipinski definition) is 7. The minimum absolute atomic E-state index is 0.0308. The summed E-state index contributed by atoms with van der Waals surface area (Å²) < 4.78 is 30.3. The van der Waals surface area contributed by atoms with Crippen molar-refractivity contribution in [2.45, 2.75) is 277 Å². The molecule has 0 saturated heterocycles. The van der Waals surface area contributed by atoms with Gasteiger partial charge in [-0.2, -0.15) is 0 Å². The van der Waals surface area contributed by atoms with Crippen LogP contribution in [0.5, 0.6) is 0 Å². The summed E-state index contributed by atoms with van der Waals surface area (Å²) in [5.41, 5.74) is 0. The van der Waals surface area contributed by atoms with E-state index in [2.05, 4.69) is 111 Å². The number of likely N-dealkylation sites (N-methyl/N-ethyl adjacent to an activating group) is 1. The van der Waals surface area contributed by atoms with Crippen LogP contribution in [0.2, 0.25) is 0 Å². The highest BCUT2D eigenvalue weighted by atomic mass is 31.2. The van der Waals surface area contributed by atoms with E-state index in [9.17, 15) is 19.0 Å². The fraction of sp³-hybridized carbons (Fsp3) is 0.731. The molecule has 0 aliphatic carbocycles. The Kier molecular flexibility index (Phi) is 54.0. The van der Waals surface area contributed by atoms with Gasteiger partial charge in [0, 0.05) is 12.8 Å². The first-order chi connectivity index (χ1) is 37.4. The molecule has 0 bridgehead atoms. The van der Waals surface area contributed by atoms with Crippen molar-refractivity contribution in [1.82, 2.24) is 5.32 Å². The van der Waals surface area contributed by atoms with Crippen molar-refractivity contribution in [2.24, 2.45) is 0 Å². The van der Waals surface area contributed by atoms with Crippen LogP contribution < -0.4 is 10.2 Å². The fourth-order valence-electron chi connectivity index (χ4n) is 8.64. The molecule has 0 rings (SSSR count). The Balaban J connectivity index is 5.25. The van der Waals surface area contributed by atoms with Gasteiger partial charge in [0.2, 0.25) is 5.91 Å². The summed E-state index contributed by atoms with van der Waals surface area (Å²) in [5.74, 6) is -0.571. The van der Waals surface area contributed by atoms with Gasteiger partial charge in [0.15, 0.2) is 0 Å². The van der Waals surface area contributed by atoms with Crippen molar-refractivity contribution < 1.29 is 37.3 Å². The summed E-state index contributed by atoms with van der Waals surface area (Å²) in [6, 6.07) is -0.904. The average molecular weight is 1100 g/mol. The van der Waals surface area contributed by atoms with Gasteiger partial charge in [-0.3, -0.25) is 14.2 Å².